The molecule has 5 nitrogen and oxygen atoms in total. The molecule has 24 heavy (non-hydrogen) atoms. The molecule has 1 N–H and O–H groups in total. The number of hydrogen-bond acceptors (Lipinski definition) is 4. The Morgan fingerprint density at radius 1 is 1.08 bits per heavy atom. The van der Waals surface area contributed by atoms with Crippen LogP contribution in [0.3, 0.4) is 0 Å². The van der Waals surface area contributed by atoms with Gasteiger partial charge in [0, 0.05) is 10.2 Å². The Labute approximate surface area is 150 Å². The molecule has 0 aliphatic carbocycles. The number of ether oxygens (including phenoxy) is 3. The van der Waals surface area contributed by atoms with Gasteiger partial charge in [0.2, 0.25) is 5.75 Å². The summed E-state index contributed by atoms with van der Waals surface area (Å²) < 4.78 is 17.2. The Morgan fingerprint density at radius 3 is 2.25 bits per heavy atom. The summed E-state index contributed by atoms with van der Waals surface area (Å²) >= 11 is 3.40. The number of amides is 1. The van der Waals surface area contributed by atoms with Gasteiger partial charge in [-0.2, -0.15) is 0 Å². The van der Waals surface area contributed by atoms with Crippen molar-refractivity contribution in [2.24, 2.45) is 0 Å². The molecule has 128 valence electrons. The van der Waals surface area contributed by atoms with Gasteiger partial charge in [-0.15, -0.1) is 0 Å². The smallest absolute Gasteiger partial charge is 0.262 e. The Hall–Kier alpha value is -2.21. The summed E-state index contributed by atoms with van der Waals surface area (Å²) in [7, 11) is 3.10. The minimum absolute atomic E-state index is 0.148. The summed E-state index contributed by atoms with van der Waals surface area (Å²) in [6, 6.07) is 9.30. The van der Waals surface area contributed by atoms with Gasteiger partial charge in [-0.05, 0) is 55.3 Å². The molecule has 0 bridgehead atoms. The highest BCUT2D eigenvalue weighted by molar-refractivity contribution is 9.10. The largest absolute Gasteiger partial charge is 0.493 e. The number of carbonyl (C=O) groups excluding carboxylic acids is 1. The summed E-state index contributed by atoms with van der Waals surface area (Å²) in [5.41, 5.74) is 2.68. The van der Waals surface area contributed by atoms with Gasteiger partial charge in [-0.1, -0.05) is 15.9 Å². The zero-order valence-corrected chi connectivity index (χ0v) is 15.7. The molecule has 0 aliphatic heterocycles. The number of methoxy groups -OCH3 is 2. The standard InChI is InChI=1S/C18H20BrNO4/c1-11-7-15(22-3)18(16(8-11)23-4)24-10-17(21)20-14-6-5-13(19)9-12(14)2/h5-9H,10H2,1-4H3,(H,20,21). The second-order valence-corrected chi connectivity index (χ2v) is 6.21. The van der Waals surface area contributed by atoms with E-state index in [1.165, 1.54) is 0 Å². The summed E-state index contributed by atoms with van der Waals surface area (Å²) in [5, 5.41) is 2.83. The zero-order chi connectivity index (χ0) is 17.7. The predicted octanol–water partition coefficient (Wildman–Crippen LogP) is 4.10. The maximum atomic E-state index is 12.2. The van der Waals surface area contributed by atoms with E-state index >= 15 is 0 Å². The van der Waals surface area contributed by atoms with Crippen LogP contribution < -0.4 is 19.5 Å². The molecule has 0 fully saturated rings. The van der Waals surface area contributed by atoms with E-state index in [-0.39, 0.29) is 12.5 Å². The minimum atomic E-state index is -0.259. The van der Waals surface area contributed by atoms with Crippen LogP contribution in [0.4, 0.5) is 5.69 Å². The van der Waals surface area contributed by atoms with Crippen LogP contribution >= 0.6 is 15.9 Å². The number of anilines is 1. The van der Waals surface area contributed by atoms with Gasteiger partial charge in [0.1, 0.15) is 0 Å². The first-order chi connectivity index (χ1) is 11.4. The number of halogens is 1. The molecule has 0 aliphatic rings. The molecule has 0 saturated heterocycles. The van der Waals surface area contributed by atoms with Crippen LogP contribution in [0.2, 0.25) is 0 Å². The van der Waals surface area contributed by atoms with Crippen LogP contribution in [0.5, 0.6) is 17.2 Å². The van der Waals surface area contributed by atoms with Crippen molar-refractivity contribution >= 4 is 27.5 Å². The Bertz CT molecular complexity index is 721. The van der Waals surface area contributed by atoms with Crippen molar-refractivity contribution in [1.29, 1.82) is 0 Å². The van der Waals surface area contributed by atoms with Gasteiger partial charge < -0.3 is 19.5 Å². The highest BCUT2D eigenvalue weighted by atomic mass is 79.9. The number of nitrogens with one attached hydrogen (secondary N) is 1. The molecule has 6 heteroatoms. The third-order valence-corrected chi connectivity index (χ3v) is 3.91. The van der Waals surface area contributed by atoms with E-state index in [9.17, 15) is 4.79 Å². The van der Waals surface area contributed by atoms with Crippen molar-refractivity contribution in [3.63, 3.8) is 0 Å². The molecule has 1 amide bonds. The zero-order valence-electron chi connectivity index (χ0n) is 14.1. The maximum absolute atomic E-state index is 12.2. The van der Waals surface area contributed by atoms with Gasteiger partial charge >= 0.3 is 0 Å². The monoisotopic (exact) mass is 393 g/mol. The average Bonchev–Trinajstić information content (AvgIpc) is 2.55. The van der Waals surface area contributed by atoms with Gasteiger partial charge in [-0.3, -0.25) is 4.79 Å². The Balaban J connectivity index is 2.09. The molecule has 0 aromatic heterocycles. The van der Waals surface area contributed by atoms with Crippen molar-refractivity contribution in [3.8, 4) is 17.2 Å². The lowest BCUT2D eigenvalue weighted by molar-refractivity contribution is -0.118. The average molecular weight is 394 g/mol. The Morgan fingerprint density at radius 2 is 1.71 bits per heavy atom. The first-order valence-corrected chi connectivity index (χ1v) is 8.15. The highest BCUT2D eigenvalue weighted by Crippen LogP contribution is 2.38. The first kappa shape index (κ1) is 18.1. The molecule has 2 rings (SSSR count). The van der Waals surface area contributed by atoms with Crippen molar-refractivity contribution < 1.29 is 19.0 Å². The number of hydrogen-bond donors (Lipinski definition) is 1. The lowest BCUT2D eigenvalue weighted by Gasteiger charge is -2.15. The van der Waals surface area contributed by atoms with E-state index in [0.717, 1.165) is 21.3 Å². The van der Waals surface area contributed by atoms with E-state index < -0.39 is 0 Å². The van der Waals surface area contributed by atoms with Crippen LogP contribution in [0.15, 0.2) is 34.8 Å². The summed E-state index contributed by atoms with van der Waals surface area (Å²) in [6.45, 7) is 3.70. The molecule has 0 heterocycles. The predicted molar refractivity (Wildman–Crippen MR) is 97.3 cm³/mol. The molecule has 2 aromatic rings. The lowest BCUT2D eigenvalue weighted by atomic mass is 10.2. The minimum Gasteiger partial charge on any atom is -0.493 e. The second-order valence-electron chi connectivity index (χ2n) is 5.29. The molecule has 0 saturated carbocycles. The Kier molecular flexibility index (Phi) is 6.09. The van der Waals surface area contributed by atoms with Crippen molar-refractivity contribution in [1.82, 2.24) is 0 Å². The van der Waals surface area contributed by atoms with Crippen LogP contribution in [0.1, 0.15) is 11.1 Å². The van der Waals surface area contributed by atoms with Gasteiger partial charge in [0.15, 0.2) is 18.1 Å². The van der Waals surface area contributed by atoms with Crippen molar-refractivity contribution in [2.75, 3.05) is 26.1 Å². The molecule has 2 aromatic carbocycles. The second kappa shape index (κ2) is 8.06. The van der Waals surface area contributed by atoms with E-state index in [4.69, 9.17) is 14.2 Å². The fraction of sp³-hybridized carbons (Fsp3) is 0.278. The molecule has 0 spiro atoms. The van der Waals surface area contributed by atoms with Gasteiger partial charge in [0.25, 0.3) is 5.91 Å². The van der Waals surface area contributed by atoms with Crippen LogP contribution in [0.25, 0.3) is 0 Å². The molecular weight excluding hydrogens is 374 g/mol. The SMILES string of the molecule is COc1cc(C)cc(OC)c1OCC(=O)Nc1ccc(Br)cc1C. The molecule has 0 unspecified atom stereocenters. The van der Waals surface area contributed by atoms with E-state index in [1.54, 1.807) is 14.2 Å². The molecule has 0 atom stereocenters. The van der Waals surface area contributed by atoms with Gasteiger partial charge in [0.05, 0.1) is 14.2 Å². The summed E-state index contributed by atoms with van der Waals surface area (Å²) in [6.07, 6.45) is 0. The van der Waals surface area contributed by atoms with Crippen molar-refractivity contribution in [3.05, 3.63) is 45.9 Å². The van der Waals surface area contributed by atoms with E-state index in [2.05, 4.69) is 21.2 Å². The van der Waals surface area contributed by atoms with Crippen LogP contribution in [-0.4, -0.2) is 26.7 Å². The van der Waals surface area contributed by atoms with Crippen molar-refractivity contribution in [2.45, 2.75) is 13.8 Å². The highest BCUT2D eigenvalue weighted by Gasteiger charge is 2.15. The summed E-state index contributed by atoms with van der Waals surface area (Å²) in [5.74, 6) is 1.21. The topological polar surface area (TPSA) is 56.8 Å². The van der Waals surface area contributed by atoms with Crippen LogP contribution in [0, 0.1) is 13.8 Å². The first-order valence-electron chi connectivity index (χ1n) is 7.36. The lowest BCUT2D eigenvalue weighted by Crippen LogP contribution is -2.21. The number of aryl methyl sites for hydroxylation is 2. The fourth-order valence-electron chi connectivity index (χ4n) is 2.24. The quantitative estimate of drug-likeness (QED) is 0.802. The van der Waals surface area contributed by atoms with Crippen LogP contribution in [-0.2, 0) is 4.79 Å². The number of carbonyl (C=O) groups is 1. The fourth-order valence-corrected chi connectivity index (χ4v) is 2.72. The number of rotatable bonds is 6. The van der Waals surface area contributed by atoms with E-state index in [0.29, 0.717) is 17.2 Å². The summed E-state index contributed by atoms with van der Waals surface area (Å²) in [4.78, 5) is 12.2. The normalized spacial score (nSPS) is 10.2. The molecule has 0 radical (unpaired) electrons. The third kappa shape index (κ3) is 4.41. The van der Waals surface area contributed by atoms with E-state index in [1.807, 2.05) is 44.2 Å². The number of benzene rings is 2. The maximum Gasteiger partial charge on any atom is 0.262 e. The van der Waals surface area contributed by atoms with Gasteiger partial charge in [-0.25, -0.2) is 0 Å². The molecular formula is C18H20BrNO4. The third-order valence-electron chi connectivity index (χ3n) is 3.42.